The Morgan fingerprint density at radius 1 is 0.429 bits per heavy atom. The molecule has 0 radical (unpaired) electrons. The highest BCUT2D eigenvalue weighted by Gasteiger charge is 2.23. The van der Waals surface area contributed by atoms with E-state index in [1.54, 1.807) is 11.3 Å². The van der Waals surface area contributed by atoms with Crippen molar-refractivity contribution in [3.8, 4) is 39.5 Å². The first-order chi connectivity index (χ1) is 27.7. The lowest BCUT2D eigenvalue weighted by molar-refractivity contribution is 1.02. The number of hydrogen-bond donors (Lipinski definition) is 0. The number of rotatable bonds is 2. The van der Waals surface area contributed by atoms with Gasteiger partial charge in [0.15, 0.2) is 0 Å². The van der Waals surface area contributed by atoms with Gasteiger partial charge in [-0.15, -0.1) is 11.3 Å². The third-order valence-electron chi connectivity index (χ3n) is 11.7. The van der Waals surface area contributed by atoms with Crippen molar-refractivity contribution >= 4 is 64.2 Å². The summed E-state index contributed by atoms with van der Waals surface area (Å²) in [5, 5.41) is 7.12. The van der Waals surface area contributed by atoms with Gasteiger partial charge in [-0.2, -0.15) is 0 Å². The van der Waals surface area contributed by atoms with E-state index in [9.17, 15) is 0 Å². The second kappa shape index (κ2) is 12.3. The van der Waals surface area contributed by atoms with Gasteiger partial charge in [0.25, 0.3) is 0 Å². The Kier molecular flexibility index (Phi) is 6.92. The zero-order valence-electron chi connectivity index (χ0n) is 30.4. The van der Waals surface area contributed by atoms with Gasteiger partial charge < -0.3 is 0 Å². The Morgan fingerprint density at radius 3 is 1.73 bits per heavy atom. The van der Waals surface area contributed by atoms with Crippen molar-refractivity contribution in [2.45, 2.75) is 12.8 Å². The molecule has 56 heavy (non-hydrogen) atoms. The molecule has 262 valence electrons. The number of hydrogen-bond acceptors (Lipinski definition) is 3. The molecule has 11 aromatic rings. The zero-order valence-corrected chi connectivity index (χ0v) is 31.2. The molecule has 0 saturated heterocycles. The number of thiophene rings is 1. The third-order valence-corrected chi connectivity index (χ3v) is 12.8. The van der Waals surface area contributed by atoms with Gasteiger partial charge in [0.05, 0.1) is 16.7 Å². The Balaban J connectivity index is 1.14. The van der Waals surface area contributed by atoms with E-state index in [4.69, 9.17) is 9.97 Å². The summed E-state index contributed by atoms with van der Waals surface area (Å²) in [6.07, 6.45) is 1.67. The average Bonchev–Trinajstić information content (AvgIpc) is 3.78. The van der Waals surface area contributed by atoms with Crippen molar-refractivity contribution < 1.29 is 0 Å². The van der Waals surface area contributed by atoms with Crippen LogP contribution in [0.5, 0.6) is 0 Å². The van der Waals surface area contributed by atoms with Crippen LogP contribution in [0.1, 0.15) is 22.3 Å². The minimum absolute atomic E-state index is 0.688. The van der Waals surface area contributed by atoms with Gasteiger partial charge in [0.1, 0.15) is 4.83 Å². The first-order valence-electron chi connectivity index (χ1n) is 19.2. The number of benzene rings is 8. The molecule has 0 aliphatic heterocycles. The summed E-state index contributed by atoms with van der Waals surface area (Å²) < 4.78 is 3.49. The minimum Gasteiger partial charge on any atom is -0.278 e. The summed E-state index contributed by atoms with van der Waals surface area (Å²) in [6, 6.07) is 64.4. The summed E-state index contributed by atoms with van der Waals surface area (Å²) >= 11 is 1.75. The maximum Gasteiger partial charge on any atom is 0.236 e. The van der Waals surface area contributed by atoms with Crippen LogP contribution in [0.4, 0.5) is 0 Å². The molecule has 0 amide bonds. The maximum absolute atomic E-state index is 5.62. The molecule has 0 fully saturated rings. The zero-order chi connectivity index (χ0) is 36.7. The van der Waals surface area contributed by atoms with E-state index in [0.717, 1.165) is 45.3 Å². The van der Waals surface area contributed by atoms with E-state index in [1.807, 2.05) is 0 Å². The molecule has 4 heteroatoms. The first kappa shape index (κ1) is 31.5. The normalized spacial score (nSPS) is 12.5. The molecule has 12 rings (SSSR count). The van der Waals surface area contributed by atoms with Crippen LogP contribution in [0.2, 0.25) is 0 Å². The van der Waals surface area contributed by atoms with Gasteiger partial charge in [0, 0.05) is 31.8 Å². The number of fused-ring (bicyclic) bond motifs is 13. The van der Waals surface area contributed by atoms with Crippen molar-refractivity contribution in [2.75, 3.05) is 0 Å². The predicted octanol–water partition coefficient (Wildman–Crippen LogP) is 13.6. The van der Waals surface area contributed by atoms with E-state index < -0.39 is 0 Å². The van der Waals surface area contributed by atoms with E-state index in [2.05, 4.69) is 180 Å². The van der Waals surface area contributed by atoms with Crippen molar-refractivity contribution in [1.82, 2.24) is 14.5 Å². The van der Waals surface area contributed by atoms with Crippen molar-refractivity contribution in [1.29, 1.82) is 0 Å². The van der Waals surface area contributed by atoms with Crippen LogP contribution < -0.4 is 0 Å². The molecule has 0 spiro atoms. The van der Waals surface area contributed by atoms with Crippen LogP contribution in [0, 0.1) is 0 Å². The Hall–Kier alpha value is -6.88. The molecule has 0 atom stereocenters. The SMILES string of the molecule is c1ccc2c(c1)Cc1ccccc1-c1ccc(-c3nc(-n4c5ccccc5c5cc6ccccc6cc54)nc4sc5ccccc5c34)cc1Cc1ccccc1-2. The Morgan fingerprint density at radius 2 is 1.00 bits per heavy atom. The molecular weight excluding hydrogens is 699 g/mol. The lowest BCUT2D eigenvalue weighted by atomic mass is 9.83. The molecule has 0 N–H and O–H groups in total. The standard InChI is InChI=1S/C52H33N3S/c1-2-14-33-31-47-45(30-32(33)13-1)43-21-9-11-23-46(43)55(47)52-53-50(49-44-22-10-12-24-48(44)56-51(49)54-52)37-25-26-42-38(29-37)28-36-17-5-7-19-40(36)39-18-6-3-15-34(39)27-35-16-4-8-20-41(35)42/h1-26,29-31H,27-28H2. The van der Waals surface area contributed by atoms with Gasteiger partial charge in [-0.05, 0) is 98.5 Å². The lowest BCUT2D eigenvalue weighted by Crippen LogP contribution is -2.04. The molecule has 3 heterocycles. The molecule has 1 aliphatic rings. The second-order valence-electron chi connectivity index (χ2n) is 14.9. The van der Waals surface area contributed by atoms with Crippen molar-refractivity contribution in [2.24, 2.45) is 0 Å². The summed E-state index contributed by atoms with van der Waals surface area (Å²) in [5.74, 6) is 0.688. The molecular formula is C52H33N3S. The van der Waals surface area contributed by atoms with Crippen LogP contribution >= 0.6 is 11.3 Å². The van der Waals surface area contributed by atoms with E-state index in [1.165, 1.54) is 76.1 Å². The van der Waals surface area contributed by atoms with Gasteiger partial charge in [0.2, 0.25) is 5.95 Å². The quantitative estimate of drug-likeness (QED) is 0.177. The lowest BCUT2D eigenvalue weighted by Gasteiger charge is -2.21. The Labute approximate surface area is 327 Å². The van der Waals surface area contributed by atoms with Crippen LogP contribution in [-0.4, -0.2) is 14.5 Å². The number of para-hydroxylation sites is 1. The van der Waals surface area contributed by atoms with Gasteiger partial charge in [-0.1, -0.05) is 146 Å². The van der Waals surface area contributed by atoms with Gasteiger partial charge in [-0.3, -0.25) is 4.57 Å². The van der Waals surface area contributed by atoms with Crippen LogP contribution in [0.3, 0.4) is 0 Å². The van der Waals surface area contributed by atoms with Crippen molar-refractivity contribution in [3.63, 3.8) is 0 Å². The highest BCUT2D eigenvalue weighted by molar-refractivity contribution is 7.25. The molecule has 1 aliphatic carbocycles. The smallest absolute Gasteiger partial charge is 0.236 e. The molecule has 3 nitrogen and oxygen atoms in total. The highest BCUT2D eigenvalue weighted by Crippen LogP contribution is 2.43. The topological polar surface area (TPSA) is 30.7 Å². The second-order valence-corrected chi connectivity index (χ2v) is 15.9. The summed E-state index contributed by atoms with van der Waals surface area (Å²) in [6.45, 7) is 0. The first-order valence-corrected chi connectivity index (χ1v) is 20.1. The van der Waals surface area contributed by atoms with Gasteiger partial charge in [-0.25, -0.2) is 9.97 Å². The summed E-state index contributed by atoms with van der Waals surface area (Å²) in [7, 11) is 0. The minimum atomic E-state index is 0.688. The monoisotopic (exact) mass is 731 g/mol. The summed E-state index contributed by atoms with van der Waals surface area (Å²) in [4.78, 5) is 12.0. The van der Waals surface area contributed by atoms with Crippen molar-refractivity contribution in [3.05, 3.63) is 198 Å². The molecule has 3 aromatic heterocycles. The number of aromatic nitrogens is 3. The van der Waals surface area contributed by atoms with E-state index in [0.29, 0.717) is 5.95 Å². The fourth-order valence-corrected chi connectivity index (χ4v) is 10.2. The van der Waals surface area contributed by atoms with Crippen LogP contribution in [0.25, 0.3) is 92.3 Å². The molecule has 8 aromatic carbocycles. The number of nitrogens with zero attached hydrogens (tertiary/aromatic N) is 3. The van der Waals surface area contributed by atoms with Crippen LogP contribution in [-0.2, 0) is 12.8 Å². The third kappa shape index (κ3) is 4.83. The van der Waals surface area contributed by atoms with E-state index in [-0.39, 0.29) is 0 Å². The highest BCUT2D eigenvalue weighted by atomic mass is 32.1. The molecule has 0 unspecified atom stereocenters. The predicted molar refractivity (Wildman–Crippen MR) is 235 cm³/mol. The largest absolute Gasteiger partial charge is 0.278 e. The average molecular weight is 732 g/mol. The van der Waals surface area contributed by atoms with Gasteiger partial charge >= 0.3 is 0 Å². The Bertz CT molecular complexity index is 3390. The summed E-state index contributed by atoms with van der Waals surface area (Å²) in [5.41, 5.74) is 14.7. The fourth-order valence-electron chi connectivity index (χ4n) is 9.16. The van der Waals surface area contributed by atoms with E-state index >= 15 is 0 Å². The van der Waals surface area contributed by atoms with Crippen LogP contribution in [0.15, 0.2) is 176 Å². The molecule has 0 bridgehead atoms. The fraction of sp³-hybridized carbons (Fsp3) is 0.0385. The molecule has 0 saturated carbocycles. The maximum atomic E-state index is 5.62.